The van der Waals surface area contributed by atoms with Crippen LogP contribution in [-0.2, 0) is 6.54 Å². The van der Waals surface area contributed by atoms with Gasteiger partial charge in [-0.2, -0.15) is 5.10 Å². The Labute approximate surface area is 179 Å². The molecule has 0 fully saturated rings. The van der Waals surface area contributed by atoms with Crippen molar-refractivity contribution in [1.29, 1.82) is 0 Å². The molecule has 0 radical (unpaired) electrons. The summed E-state index contributed by atoms with van der Waals surface area (Å²) in [6.45, 7) is 0.234. The molecule has 0 saturated heterocycles. The summed E-state index contributed by atoms with van der Waals surface area (Å²) in [6.07, 6.45) is 3.20. The SMILES string of the molecule is COc1cc(OC)c(OC)cc1CNC(=O)c1cnn2c(-c3ccccc3)ccnc12. The zero-order valence-electron chi connectivity index (χ0n) is 17.5. The van der Waals surface area contributed by atoms with Crippen LogP contribution < -0.4 is 19.5 Å². The van der Waals surface area contributed by atoms with Gasteiger partial charge in [-0.25, -0.2) is 9.50 Å². The van der Waals surface area contributed by atoms with E-state index in [0.29, 0.717) is 28.5 Å². The lowest BCUT2D eigenvalue weighted by Gasteiger charge is -2.14. The third-order valence-corrected chi connectivity index (χ3v) is 4.94. The van der Waals surface area contributed by atoms with E-state index in [2.05, 4.69) is 15.4 Å². The second kappa shape index (κ2) is 8.74. The van der Waals surface area contributed by atoms with Crippen LogP contribution in [-0.4, -0.2) is 41.8 Å². The fourth-order valence-corrected chi connectivity index (χ4v) is 3.38. The van der Waals surface area contributed by atoms with Gasteiger partial charge in [0.25, 0.3) is 5.91 Å². The molecule has 0 aliphatic heterocycles. The smallest absolute Gasteiger partial charge is 0.257 e. The molecule has 2 aromatic heterocycles. The Kier molecular flexibility index (Phi) is 5.70. The average Bonchev–Trinajstić information content (AvgIpc) is 3.27. The number of aromatic nitrogens is 3. The van der Waals surface area contributed by atoms with Crippen LogP contribution in [0.1, 0.15) is 15.9 Å². The molecule has 1 N–H and O–H groups in total. The van der Waals surface area contributed by atoms with E-state index < -0.39 is 0 Å². The van der Waals surface area contributed by atoms with Gasteiger partial charge in [-0.05, 0) is 12.1 Å². The Morgan fingerprint density at radius 2 is 1.68 bits per heavy atom. The molecule has 1 amide bonds. The number of nitrogens with one attached hydrogen (secondary N) is 1. The van der Waals surface area contributed by atoms with E-state index in [1.54, 1.807) is 44.2 Å². The van der Waals surface area contributed by atoms with E-state index in [-0.39, 0.29) is 12.5 Å². The maximum Gasteiger partial charge on any atom is 0.257 e. The van der Waals surface area contributed by atoms with E-state index in [0.717, 1.165) is 16.8 Å². The van der Waals surface area contributed by atoms with Crippen LogP contribution in [0.5, 0.6) is 17.2 Å². The molecule has 8 nitrogen and oxygen atoms in total. The van der Waals surface area contributed by atoms with Gasteiger partial charge >= 0.3 is 0 Å². The Morgan fingerprint density at radius 3 is 2.39 bits per heavy atom. The molecular weight excluding hydrogens is 396 g/mol. The third-order valence-electron chi connectivity index (χ3n) is 4.94. The monoisotopic (exact) mass is 418 g/mol. The number of benzene rings is 2. The van der Waals surface area contributed by atoms with Crippen molar-refractivity contribution in [3.8, 4) is 28.5 Å². The van der Waals surface area contributed by atoms with Crippen LogP contribution in [0.2, 0.25) is 0 Å². The second-order valence-corrected chi connectivity index (χ2v) is 6.69. The Morgan fingerprint density at radius 1 is 0.968 bits per heavy atom. The molecule has 0 spiro atoms. The average molecular weight is 418 g/mol. The van der Waals surface area contributed by atoms with E-state index in [1.807, 2.05) is 36.4 Å². The maximum absolute atomic E-state index is 12.9. The largest absolute Gasteiger partial charge is 0.496 e. The molecule has 4 aromatic rings. The lowest BCUT2D eigenvalue weighted by molar-refractivity contribution is 0.0952. The van der Waals surface area contributed by atoms with Gasteiger partial charge in [0.05, 0.1) is 33.2 Å². The molecule has 8 heteroatoms. The molecule has 4 rings (SSSR count). The first kappa shape index (κ1) is 20.2. The zero-order valence-corrected chi connectivity index (χ0v) is 17.5. The predicted octanol–water partition coefficient (Wildman–Crippen LogP) is 3.35. The first-order chi connectivity index (χ1) is 15.2. The van der Waals surface area contributed by atoms with Gasteiger partial charge in [0, 0.05) is 29.9 Å². The molecule has 0 atom stereocenters. The van der Waals surface area contributed by atoms with E-state index >= 15 is 0 Å². The minimum atomic E-state index is -0.287. The fraction of sp³-hybridized carbons (Fsp3) is 0.174. The summed E-state index contributed by atoms with van der Waals surface area (Å²) < 4.78 is 17.8. The van der Waals surface area contributed by atoms with Gasteiger partial charge in [0.2, 0.25) is 0 Å². The second-order valence-electron chi connectivity index (χ2n) is 6.69. The van der Waals surface area contributed by atoms with Crippen LogP contribution in [0, 0.1) is 0 Å². The van der Waals surface area contributed by atoms with Crippen LogP contribution in [0.4, 0.5) is 0 Å². The number of ether oxygens (including phenoxy) is 3. The predicted molar refractivity (Wildman–Crippen MR) is 116 cm³/mol. The number of carbonyl (C=O) groups excluding carboxylic acids is 1. The van der Waals surface area contributed by atoms with Crippen molar-refractivity contribution in [3.05, 3.63) is 72.1 Å². The summed E-state index contributed by atoms with van der Waals surface area (Å²) >= 11 is 0. The molecule has 0 aliphatic carbocycles. The highest BCUT2D eigenvalue weighted by molar-refractivity contribution is 5.99. The standard InChI is InChI=1S/C23H22N4O4/c1-29-19-12-21(31-3)20(30-2)11-16(19)13-25-23(28)17-14-26-27-18(9-10-24-22(17)27)15-7-5-4-6-8-15/h4-12,14H,13H2,1-3H3,(H,25,28). The molecule has 0 unspecified atom stereocenters. The number of carbonyl (C=O) groups is 1. The summed E-state index contributed by atoms with van der Waals surface area (Å²) in [5, 5.41) is 7.29. The first-order valence-electron chi connectivity index (χ1n) is 9.61. The fourth-order valence-electron chi connectivity index (χ4n) is 3.38. The van der Waals surface area contributed by atoms with Crippen molar-refractivity contribution in [3.63, 3.8) is 0 Å². The normalized spacial score (nSPS) is 10.7. The quantitative estimate of drug-likeness (QED) is 0.495. The number of methoxy groups -OCH3 is 3. The minimum Gasteiger partial charge on any atom is -0.496 e. The van der Waals surface area contributed by atoms with Gasteiger partial charge in [0.1, 0.15) is 11.3 Å². The lowest BCUT2D eigenvalue weighted by Crippen LogP contribution is -2.23. The summed E-state index contributed by atoms with van der Waals surface area (Å²) in [5.74, 6) is 1.40. The highest BCUT2D eigenvalue weighted by Crippen LogP contribution is 2.34. The molecule has 0 bridgehead atoms. The van der Waals surface area contributed by atoms with Gasteiger partial charge in [-0.15, -0.1) is 0 Å². The molecule has 2 aromatic carbocycles. The summed E-state index contributed by atoms with van der Waals surface area (Å²) in [7, 11) is 4.68. The van der Waals surface area contributed by atoms with Crippen molar-refractivity contribution in [1.82, 2.24) is 19.9 Å². The van der Waals surface area contributed by atoms with Crippen LogP contribution in [0.3, 0.4) is 0 Å². The highest BCUT2D eigenvalue weighted by Gasteiger charge is 2.18. The maximum atomic E-state index is 12.9. The van der Waals surface area contributed by atoms with Gasteiger partial charge < -0.3 is 19.5 Å². The van der Waals surface area contributed by atoms with Gasteiger partial charge in [-0.3, -0.25) is 4.79 Å². The van der Waals surface area contributed by atoms with E-state index in [9.17, 15) is 4.79 Å². The number of rotatable bonds is 7. The van der Waals surface area contributed by atoms with Crippen molar-refractivity contribution in [2.24, 2.45) is 0 Å². The first-order valence-corrected chi connectivity index (χ1v) is 9.61. The van der Waals surface area contributed by atoms with Crippen molar-refractivity contribution in [2.45, 2.75) is 6.54 Å². The number of nitrogens with zero attached hydrogens (tertiary/aromatic N) is 3. The Bertz CT molecular complexity index is 1220. The summed E-state index contributed by atoms with van der Waals surface area (Å²) in [5.41, 5.74) is 3.46. The van der Waals surface area contributed by atoms with E-state index in [4.69, 9.17) is 14.2 Å². The summed E-state index contributed by atoms with van der Waals surface area (Å²) in [6, 6.07) is 15.2. The third kappa shape index (κ3) is 3.87. The van der Waals surface area contributed by atoms with Crippen LogP contribution >= 0.6 is 0 Å². The number of hydrogen-bond acceptors (Lipinski definition) is 6. The van der Waals surface area contributed by atoms with Gasteiger partial charge in [0.15, 0.2) is 17.1 Å². The van der Waals surface area contributed by atoms with Gasteiger partial charge in [-0.1, -0.05) is 30.3 Å². The van der Waals surface area contributed by atoms with Crippen LogP contribution in [0.25, 0.3) is 16.9 Å². The number of fused-ring (bicyclic) bond motifs is 1. The molecule has 2 heterocycles. The number of hydrogen-bond donors (Lipinski definition) is 1. The molecule has 158 valence electrons. The van der Waals surface area contributed by atoms with Crippen LogP contribution in [0.15, 0.2) is 60.9 Å². The van der Waals surface area contributed by atoms with Crippen molar-refractivity contribution >= 4 is 11.6 Å². The molecule has 0 aliphatic rings. The van der Waals surface area contributed by atoms with Crippen molar-refractivity contribution < 1.29 is 19.0 Å². The summed E-state index contributed by atoms with van der Waals surface area (Å²) in [4.78, 5) is 17.3. The molecule has 0 saturated carbocycles. The topological polar surface area (TPSA) is 87.0 Å². The Balaban J connectivity index is 1.60. The molecule has 31 heavy (non-hydrogen) atoms. The highest BCUT2D eigenvalue weighted by atomic mass is 16.5. The zero-order chi connectivity index (χ0) is 21.8. The minimum absolute atomic E-state index is 0.234. The lowest BCUT2D eigenvalue weighted by atomic mass is 10.1. The Hall–Kier alpha value is -4.07. The van der Waals surface area contributed by atoms with E-state index in [1.165, 1.54) is 6.20 Å². The number of amides is 1. The molecular formula is C23H22N4O4. The van der Waals surface area contributed by atoms with Crippen molar-refractivity contribution in [2.75, 3.05) is 21.3 Å².